The molecule has 2 aliphatic heterocycles. The summed E-state index contributed by atoms with van der Waals surface area (Å²) < 4.78 is 2.26. The fraction of sp³-hybridized carbons (Fsp3) is 0.283. The molecule has 3 aromatic heterocycles. The maximum Gasteiger partial charge on any atom is 2.00 e. The predicted molar refractivity (Wildman–Crippen MR) is 212 cm³/mol. The Labute approximate surface area is 322 Å². The van der Waals surface area contributed by atoms with Crippen LogP contribution in [0.15, 0.2) is 125 Å². The van der Waals surface area contributed by atoms with Gasteiger partial charge in [-0.15, -0.1) is 22.8 Å². The topological polar surface area (TPSA) is 70.7 Å². The van der Waals surface area contributed by atoms with E-state index >= 15 is 0 Å². The summed E-state index contributed by atoms with van der Waals surface area (Å²) >= 11 is 0. The predicted octanol–water partition coefficient (Wildman–Crippen LogP) is 9.91. The Morgan fingerprint density at radius 1 is 0.528 bits per heavy atom. The van der Waals surface area contributed by atoms with Gasteiger partial charge in [0, 0.05) is 33.5 Å². The van der Waals surface area contributed by atoms with Crippen LogP contribution in [0.25, 0.3) is 27.2 Å². The molecular weight excluding hydrogens is 700 g/mol. The van der Waals surface area contributed by atoms with Crippen molar-refractivity contribution in [2.75, 3.05) is 0 Å². The molecule has 0 saturated carbocycles. The molecule has 6 nitrogen and oxygen atoms in total. The number of imidazole rings is 1. The fourth-order valence-corrected chi connectivity index (χ4v) is 8.56. The molecule has 7 aromatic rings. The maximum absolute atomic E-state index is 5.64. The molecule has 0 fully saturated rings. The number of fused-ring (bicyclic) bond motifs is 13. The number of aromatic nitrogens is 4. The van der Waals surface area contributed by atoms with Crippen molar-refractivity contribution >= 4 is 33.1 Å². The minimum absolute atomic E-state index is 0. The third kappa shape index (κ3) is 5.08. The van der Waals surface area contributed by atoms with Crippen molar-refractivity contribution in [3.8, 4) is 5.69 Å². The number of hydrogen-bond acceptors (Lipinski definition) is 3. The summed E-state index contributed by atoms with van der Waals surface area (Å²) in [5.41, 5.74) is 5.84. The van der Waals surface area contributed by atoms with Crippen LogP contribution in [-0.4, -0.2) is 21.1 Å². The smallest absolute Gasteiger partial charge is 0.662 e. The fourth-order valence-electron chi connectivity index (χ4n) is 8.56. The third-order valence-electron chi connectivity index (χ3n) is 11.7. The van der Waals surface area contributed by atoms with Gasteiger partial charge in [0.05, 0.1) is 11.4 Å². The van der Waals surface area contributed by atoms with Crippen LogP contribution in [0.1, 0.15) is 101 Å². The van der Waals surface area contributed by atoms with Crippen LogP contribution in [0.2, 0.25) is 0 Å². The molecule has 0 amide bonds. The number of benzene rings is 4. The molecule has 8 bridgehead atoms. The van der Waals surface area contributed by atoms with Gasteiger partial charge in [-0.2, -0.15) is 0 Å². The van der Waals surface area contributed by atoms with Gasteiger partial charge in [0.15, 0.2) is 0 Å². The van der Waals surface area contributed by atoms with E-state index in [2.05, 4.69) is 175 Å². The van der Waals surface area contributed by atoms with Crippen LogP contribution >= 0.6 is 0 Å². The van der Waals surface area contributed by atoms with E-state index in [9.17, 15) is 0 Å². The van der Waals surface area contributed by atoms with Gasteiger partial charge in [0.25, 0.3) is 0 Å². The molecule has 4 aromatic carbocycles. The number of rotatable bonds is 2. The molecule has 1 unspecified atom stereocenters. The summed E-state index contributed by atoms with van der Waals surface area (Å²) in [4.78, 5) is 28.0. The van der Waals surface area contributed by atoms with Crippen LogP contribution in [0, 0.1) is 0 Å². The van der Waals surface area contributed by atoms with Crippen molar-refractivity contribution in [1.82, 2.24) is 19.5 Å². The molecule has 0 saturated heterocycles. The van der Waals surface area contributed by atoms with Crippen LogP contribution in [0.3, 0.4) is 0 Å². The molecule has 0 spiro atoms. The first-order valence-corrected chi connectivity index (χ1v) is 18.3. The Bertz CT molecular complexity index is 2580. The van der Waals surface area contributed by atoms with Crippen molar-refractivity contribution in [3.05, 3.63) is 155 Å². The Balaban J connectivity index is 0.00000400. The van der Waals surface area contributed by atoms with E-state index < -0.39 is 21.7 Å². The van der Waals surface area contributed by atoms with E-state index in [4.69, 9.17) is 24.9 Å². The molecule has 1 atom stereocenters. The minimum Gasteiger partial charge on any atom is -0.662 e. The number of para-hydroxylation sites is 1. The first-order chi connectivity index (χ1) is 24.8. The van der Waals surface area contributed by atoms with Crippen LogP contribution in [-0.2, 0) is 38.7 Å². The summed E-state index contributed by atoms with van der Waals surface area (Å²) in [5, 5.41) is 4.52. The average molecular weight is 744 g/mol. The average Bonchev–Trinajstić information content (AvgIpc) is 3.95. The minimum atomic E-state index is -0.607. The van der Waals surface area contributed by atoms with E-state index in [1.54, 1.807) is 0 Å². The van der Waals surface area contributed by atoms with Gasteiger partial charge in [-0.3, -0.25) is 4.99 Å². The summed E-state index contributed by atoms with van der Waals surface area (Å²) in [7, 11) is 0. The zero-order chi connectivity index (χ0) is 36.2. The molecule has 0 aliphatic carbocycles. The van der Waals surface area contributed by atoms with E-state index in [1.807, 2.05) is 0 Å². The molecule has 5 heterocycles. The summed E-state index contributed by atoms with van der Waals surface area (Å²) in [6.07, 6.45) is 2.22. The van der Waals surface area contributed by atoms with Gasteiger partial charge in [-0.1, -0.05) is 152 Å². The van der Waals surface area contributed by atoms with Gasteiger partial charge in [-0.05, 0) is 39.2 Å². The van der Waals surface area contributed by atoms with Gasteiger partial charge in [0.1, 0.15) is 17.7 Å². The second-order valence-electron chi connectivity index (χ2n) is 16.6. The van der Waals surface area contributed by atoms with Crippen LogP contribution in [0.4, 0.5) is 0 Å². The van der Waals surface area contributed by atoms with Crippen molar-refractivity contribution in [3.63, 3.8) is 0 Å². The number of nitrogens with zero attached hydrogens (tertiary/aromatic N) is 6. The van der Waals surface area contributed by atoms with Crippen molar-refractivity contribution in [2.24, 2.45) is 9.98 Å². The van der Waals surface area contributed by atoms with Crippen LogP contribution in [0.5, 0.6) is 0 Å². The van der Waals surface area contributed by atoms with Crippen molar-refractivity contribution < 1.29 is 17.1 Å². The first-order valence-electron chi connectivity index (χ1n) is 18.3. The molecular formula is C46H44CuN6. The summed E-state index contributed by atoms with van der Waals surface area (Å²) in [5.74, 6) is 1.72. The third-order valence-corrected chi connectivity index (χ3v) is 11.7. The Morgan fingerprint density at radius 3 is 1.53 bits per heavy atom. The Kier molecular flexibility index (Phi) is 7.96. The molecule has 0 N–H and O–H groups in total. The number of aliphatic imine (C=N–C) groups is 2. The van der Waals surface area contributed by atoms with E-state index in [1.165, 1.54) is 0 Å². The van der Waals surface area contributed by atoms with E-state index in [0.717, 1.165) is 78.6 Å². The summed E-state index contributed by atoms with van der Waals surface area (Å²) in [6, 6.07) is 38.1. The molecule has 2 aliphatic rings. The van der Waals surface area contributed by atoms with Gasteiger partial charge >= 0.3 is 17.1 Å². The Hall–Kier alpha value is -4.97. The van der Waals surface area contributed by atoms with E-state index in [-0.39, 0.29) is 23.1 Å². The first kappa shape index (κ1) is 35.1. The SMILES string of the molecule is CC1(C)C2=NC(=NC2c2ccccc2)C(C)(C)c2[n-]c(c3ccccc23)C(C)(C)c2nc(cn2-c2ccccc2)C(C)(C)c2[n-]c1c1ccccc21.[Cu+2]. The Morgan fingerprint density at radius 2 is 0.981 bits per heavy atom. The van der Waals surface area contributed by atoms with Crippen LogP contribution < -0.4 is 9.97 Å². The molecule has 1 radical (unpaired) electrons. The van der Waals surface area contributed by atoms with E-state index in [0.29, 0.717) is 0 Å². The summed E-state index contributed by atoms with van der Waals surface area (Å²) in [6.45, 7) is 18.0. The van der Waals surface area contributed by atoms with Crippen molar-refractivity contribution in [1.29, 1.82) is 0 Å². The van der Waals surface area contributed by atoms with Gasteiger partial charge < -0.3 is 14.5 Å². The quantitative estimate of drug-likeness (QED) is 0.166. The molecule has 269 valence electrons. The zero-order valence-electron chi connectivity index (χ0n) is 31.5. The van der Waals surface area contributed by atoms with Gasteiger partial charge in [0.2, 0.25) is 0 Å². The second-order valence-corrected chi connectivity index (χ2v) is 16.6. The maximum atomic E-state index is 5.64. The second kappa shape index (κ2) is 12.0. The molecule has 7 heteroatoms. The van der Waals surface area contributed by atoms with Crippen molar-refractivity contribution in [2.45, 2.75) is 83.1 Å². The zero-order valence-corrected chi connectivity index (χ0v) is 32.5. The molecule has 9 rings (SSSR count). The normalized spacial score (nSPS) is 19.4. The number of hydrogen-bond donors (Lipinski definition) is 0. The van der Waals surface area contributed by atoms with Gasteiger partial charge in [-0.25, -0.2) is 9.98 Å². The number of amidine groups is 1. The largest absolute Gasteiger partial charge is 2.00 e. The molecule has 53 heavy (non-hydrogen) atoms. The standard InChI is InChI=1S/C46H44N6.Cu/c1-43(2)34-27-52(29-21-13-10-14-22-29)42(47-34)46(7,8)39-33-26-18-17-25-32(33)38(50-39)45(5,6)41-48-35(28-19-11-9-12-20-28)40(51-41)44(3,4)37-31-24-16-15-23-30(31)36(43)49-37;/h9-27,35H,1-8H3;/q-2;+2. The monoisotopic (exact) mass is 743 g/mol.